The number of rotatable bonds is 4. The Bertz CT molecular complexity index is 282. The lowest BCUT2D eigenvalue weighted by molar-refractivity contribution is -0.115. The minimum Gasteiger partial charge on any atom is -0.359 e. The van der Waals surface area contributed by atoms with Crippen molar-refractivity contribution in [2.24, 2.45) is 0 Å². The van der Waals surface area contributed by atoms with Crippen LogP contribution in [0.5, 0.6) is 0 Å². The van der Waals surface area contributed by atoms with E-state index in [1.807, 2.05) is 30.3 Å². The first-order chi connectivity index (χ1) is 6.86. The first-order valence-corrected chi connectivity index (χ1v) is 4.63. The summed E-state index contributed by atoms with van der Waals surface area (Å²) in [7, 11) is 3.25. The quantitative estimate of drug-likeness (QED) is 0.540. The molecule has 2 atom stereocenters. The highest BCUT2D eigenvalue weighted by Gasteiger charge is 2.46. The van der Waals surface area contributed by atoms with Crippen LogP contribution in [0, 0.1) is 0 Å². The van der Waals surface area contributed by atoms with Crippen LogP contribution in [0.4, 0.5) is 0 Å². The second kappa shape index (κ2) is 4.09. The average molecular weight is 194 g/mol. The van der Waals surface area contributed by atoms with Gasteiger partial charge >= 0.3 is 0 Å². The number of epoxide rings is 1. The van der Waals surface area contributed by atoms with Crippen molar-refractivity contribution in [2.45, 2.75) is 18.5 Å². The molecule has 0 aliphatic carbocycles. The molecule has 0 saturated carbocycles. The van der Waals surface area contributed by atoms with Gasteiger partial charge in [0.15, 0.2) is 6.29 Å². The van der Waals surface area contributed by atoms with Gasteiger partial charge in [0.05, 0.1) is 0 Å². The van der Waals surface area contributed by atoms with E-state index in [2.05, 4.69) is 0 Å². The van der Waals surface area contributed by atoms with Gasteiger partial charge in [-0.25, -0.2) is 0 Å². The van der Waals surface area contributed by atoms with Crippen LogP contribution in [0.2, 0.25) is 0 Å². The van der Waals surface area contributed by atoms with Crippen molar-refractivity contribution >= 4 is 0 Å². The lowest BCUT2D eigenvalue weighted by Gasteiger charge is -2.09. The zero-order valence-corrected chi connectivity index (χ0v) is 8.34. The van der Waals surface area contributed by atoms with Gasteiger partial charge in [-0.2, -0.15) is 0 Å². The molecule has 76 valence electrons. The molecule has 2 unspecified atom stereocenters. The van der Waals surface area contributed by atoms with Crippen LogP contribution in [-0.2, 0) is 14.2 Å². The van der Waals surface area contributed by atoms with Gasteiger partial charge in [0.25, 0.3) is 0 Å². The van der Waals surface area contributed by atoms with E-state index in [1.165, 1.54) is 5.56 Å². The van der Waals surface area contributed by atoms with Gasteiger partial charge in [0.2, 0.25) is 0 Å². The Morgan fingerprint density at radius 3 is 2.36 bits per heavy atom. The SMILES string of the molecule is COC(OC)C1OC1c1ccccc1. The molecule has 3 heteroatoms. The van der Waals surface area contributed by atoms with Gasteiger partial charge in [-0.3, -0.25) is 0 Å². The fourth-order valence-corrected chi connectivity index (χ4v) is 1.61. The number of methoxy groups -OCH3 is 2. The van der Waals surface area contributed by atoms with Crippen LogP contribution in [0.25, 0.3) is 0 Å². The van der Waals surface area contributed by atoms with E-state index >= 15 is 0 Å². The highest BCUT2D eigenvalue weighted by molar-refractivity contribution is 5.22. The van der Waals surface area contributed by atoms with Crippen molar-refractivity contribution in [1.82, 2.24) is 0 Å². The third kappa shape index (κ3) is 1.80. The molecule has 1 saturated heterocycles. The molecule has 1 aliphatic rings. The predicted octanol–water partition coefficient (Wildman–Crippen LogP) is 1.75. The first-order valence-electron chi connectivity index (χ1n) is 4.63. The topological polar surface area (TPSA) is 31.0 Å². The van der Waals surface area contributed by atoms with Gasteiger partial charge in [-0.15, -0.1) is 0 Å². The molecule has 14 heavy (non-hydrogen) atoms. The highest BCUT2D eigenvalue weighted by Crippen LogP contribution is 2.41. The maximum absolute atomic E-state index is 5.50. The first kappa shape index (κ1) is 9.65. The summed E-state index contributed by atoms with van der Waals surface area (Å²) in [5.41, 5.74) is 1.18. The summed E-state index contributed by atoms with van der Waals surface area (Å²) >= 11 is 0. The normalized spacial score (nSPS) is 25.4. The van der Waals surface area contributed by atoms with Crippen LogP contribution in [0.15, 0.2) is 30.3 Å². The van der Waals surface area contributed by atoms with E-state index < -0.39 is 0 Å². The number of benzene rings is 1. The smallest absolute Gasteiger partial charge is 0.185 e. The van der Waals surface area contributed by atoms with Gasteiger partial charge in [-0.05, 0) is 5.56 Å². The minimum absolute atomic E-state index is 0.0346. The van der Waals surface area contributed by atoms with E-state index in [9.17, 15) is 0 Å². The lowest BCUT2D eigenvalue weighted by Crippen LogP contribution is -2.20. The van der Waals surface area contributed by atoms with Crippen LogP contribution >= 0.6 is 0 Å². The lowest BCUT2D eigenvalue weighted by atomic mass is 10.1. The van der Waals surface area contributed by atoms with Gasteiger partial charge < -0.3 is 14.2 Å². The van der Waals surface area contributed by atoms with Crippen LogP contribution in [-0.4, -0.2) is 26.6 Å². The summed E-state index contributed by atoms with van der Waals surface area (Å²) < 4.78 is 15.8. The molecular weight excluding hydrogens is 180 g/mol. The predicted molar refractivity (Wildman–Crippen MR) is 51.9 cm³/mol. The molecule has 1 heterocycles. The molecule has 0 amide bonds. The fraction of sp³-hybridized carbons (Fsp3) is 0.455. The minimum atomic E-state index is -0.264. The van der Waals surface area contributed by atoms with E-state index in [0.29, 0.717) is 0 Å². The van der Waals surface area contributed by atoms with Crippen molar-refractivity contribution < 1.29 is 14.2 Å². The second-order valence-electron chi connectivity index (χ2n) is 3.27. The second-order valence-corrected chi connectivity index (χ2v) is 3.27. The molecule has 0 spiro atoms. The zero-order chi connectivity index (χ0) is 9.97. The molecule has 1 aromatic rings. The molecule has 0 N–H and O–H groups in total. The Kier molecular flexibility index (Phi) is 2.82. The third-order valence-corrected chi connectivity index (χ3v) is 2.39. The Balaban J connectivity index is 1.99. The molecule has 3 nitrogen and oxygen atoms in total. The average Bonchev–Trinajstić information content (AvgIpc) is 3.01. The summed E-state index contributed by atoms with van der Waals surface area (Å²) in [6, 6.07) is 10.1. The molecule has 1 aliphatic heterocycles. The number of hydrogen-bond donors (Lipinski definition) is 0. The van der Waals surface area contributed by atoms with E-state index in [-0.39, 0.29) is 18.5 Å². The fourth-order valence-electron chi connectivity index (χ4n) is 1.61. The molecule has 1 aromatic carbocycles. The highest BCUT2D eigenvalue weighted by atomic mass is 16.7. The number of ether oxygens (including phenoxy) is 3. The van der Waals surface area contributed by atoms with Gasteiger partial charge in [0.1, 0.15) is 12.2 Å². The molecule has 0 bridgehead atoms. The Labute approximate surface area is 83.6 Å². The van der Waals surface area contributed by atoms with Crippen LogP contribution < -0.4 is 0 Å². The zero-order valence-electron chi connectivity index (χ0n) is 8.34. The largest absolute Gasteiger partial charge is 0.359 e. The number of hydrogen-bond acceptors (Lipinski definition) is 3. The van der Waals surface area contributed by atoms with Gasteiger partial charge in [0, 0.05) is 14.2 Å². The molecular formula is C11H14O3. The standard InChI is InChI=1S/C11H14O3/c1-12-11(13-2)10-9(14-10)8-6-4-3-5-7-8/h3-7,9-11H,1-2H3. The van der Waals surface area contributed by atoms with Crippen LogP contribution in [0.3, 0.4) is 0 Å². The monoisotopic (exact) mass is 194 g/mol. The Hall–Kier alpha value is -0.900. The maximum Gasteiger partial charge on any atom is 0.185 e. The summed E-state index contributed by atoms with van der Waals surface area (Å²) in [5, 5.41) is 0. The summed E-state index contributed by atoms with van der Waals surface area (Å²) in [6.07, 6.45) is -0.103. The summed E-state index contributed by atoms with van der Waals surface area (Å²) in [5.74, 6) is 0. The van der Waals surface area contributed by atoms with Crippen LogP contribution in [0.1, 0.15) is 11.7 Å². The van der Waals surface area contributed by atoms with Crippen molar-refractivity contribution in [2.75, 3.05) is 14.2 Å². The maximum atomic E-state index is 5.50. The Morgan fingerprint density at radius 1 is 1.14 bits per heavy atom. The van der Waals surface area contributed by atoms with Crippen molar-refractivity contribution in [3.8, 4) is 0 Å². The third-order valence-electron chi connectivity index (χ3n) is 2.39. The van der Waals surface area contributed by atoms with Crippen molar-refractivity contribution in [3.63, 3.8) is 0 Å². The molecule has 1 fully saturated rings. The van der Waals surface area contributed by atoms with E-state index in [1.54, 1.807) is 14.2 Å². The van der Waals surface area contributed by atoms with Crippen molar-refractivity contribution in [3.05, 3.63) is 35.9 Å². The van der Waals surface area contributed by atoms with E-state index in [0.717, 1.165) is 0 Å². The van der Waals surface area contributed by atoms with Crippen molar-refractivity contribution in [1.29, 1.82) is 0 Å². The summed E-state index contributed by atoms with van der Waals surface area (Å²) in [6.45, 7) is 0. The molecule has 2 rings (SSSR count). The van der Waals surface area contributed by atoms with Gasteiger partial charge in [-0.1, -0.05) is 30.3 Å². The Morgan fingerprint density at radius 2 is 1.79 bits per heavy atom. The summed E-state index contributed by atoms with van der Waals surface area (Å²) in [4.78, 5) is 0. The molecule has 0 aromatic heterocycles. The van der Waals surface area contributed by atoms with E-state index in [4.69, 9.17) is 14.2 Å². The molecule has 0 radical (unpaired) electrons.